The molecule has 31 heavy (non-hydrogen) atoms. The zero-order chi connectivity index (χ0) is 21.4. The highest BCUT2D eigenvalue weighted by Gasteiger charge is 2.39. The van der Waals surface area contributed by atoms with E-state index in [1.54, 1.807) is 11.3 Å². The normalized spacial score (nSPS) is 19.5. The van der Waals surface area contributed by atoms with Gasteiger partial charge in [-0.1, -0.05) is 36.9 Å². The first-order valence-electron chi connectivity index (χ1n) is 10.6. The van der Waals surface area contributed by atoms with Crippen molar-refractivity contribution >= 4 is 34.0 Å². The summed E-state index contributed by atoms with van der Waals surface area (Å²) in [6, 6.07) is 12.4. The summed E-state index contributed by atoms with van der Waals surface area (Å²) in [5.41, 5.74) is 2.80. The molecule has 1 amide bonds. The van der Waals surface area contributed by atoms with Crippen molar-refractivity contribution in [1.29, 1.82) is 5.26 Å². The quantitative estimate of drug-likeness (QED) is 0.539. The third-order valence-corrected chi connectivity index (χ3v) is 8.12. The van der Waals surface area contributed by atoms with Crippen LogP contribution in [0.2, 0.25) is 0 Å². The summed E-state index contributed by atoms with van der Waals surface area (Å²) in [6.45, 7) is 2.22. The molecule has 2 atom stereocenters. The summed E-state index contributed by atoms with van der Waals surface area (Å²) >= 11 is 2.94. The summed E-state index contributed by atoms with van der Waals surface area (Å²) in [6.07, 6.45) is 5.32. The van der Waals surface area contributed by atoms with E-state index in [0.29, 0.717) is 22.4 Å². The average molecular weight is 450 g/mol. The average Bonchev–Trinajstić information content (AvgIpc) is 3.21. The fourth-order valence-electron chi connectivity index (χ4n) is 4.18. The van der Waals surface area contributed by atoms with E-state index in [0.717, 1.165) is 54.3 Å². The molecule has 6 nitrogen and oxygen atoms in total. The number of thioether (sulfide) groups is 1. The van der Waals surface area contributed by atoms with Crippen molar-refractivity contribution in [2.75, 3.05) is 11.1 Å². The Balaban J connectivity index is 1.33. The van der Waals surface area contributed by atoms with Gasteiger partial charge in [-0.15, -0.1) is 21.5 Å². The second-order valence-electron chi connectivity index (χ2n) is 8.19. The molecular weight excluding hydrogens is 426 g/mol. The van der Waals surface area contributed by atoms with E-state index in [-0.39, 0.29) is 11.7 Å². The maximum Gasteiger partial charge on any atom is 0.235 e. The van der Waals surface area contributed by atoms with Crippen LogP contribution in [0.5, 0.6) is 0 Å². The highest BCUT2D eigenvalue weighted by Crippen LogP contribution is 2.47. The number of nitriles is 1. The number of anilines is 1. The Morgan fingerprint density at radius 3 is 2.81 bits per heavy atom. The van der Waals surface area contributed by atoms with Crippen LogP contribution in [0.15, 0.2) is 35.5 Å². The fourth-order valence-corrected chi connectivity index (χ4v) is 6.20. The summed E-state index contributed by atoms with van der Waals surface area (Å²) in [7, 11) is 0. The molecule has 3 aromatic rings. The lowest BCUT2D eigenvalue weighted by Gasteiger charge is -2.10. The van der Waals surface area contributed by atoms with Crippen LogP contribution in [-0.2, 0) is 17.6 Å². The topological polar surface area (TPSA) is 83.6 Å². The molecule has 5 rings (SSSR count). The molecule has 0 aliphatic heterocycles. The number of para-hydroxylation sites is 1. The van der Waals surface area contributed by atoms with Gasteiger partial charge in [0.05, 0.1) is 11.3 Å². The van der Waals surface area contributed by atoms with E-state index in [1.807, 2.05) is 30.3 Å². The Bertz CT molecular complexity index is 1160. The lowest BCUT2D eigenvalue weighted by Crippen LogP contribution is -2.14. The van der Waals surface area contributed by atoms with Crippen LogP contribution in [0, 0.1) is 17.2 Å². The number of benzene rings is 1. The molecule has 0 saturated heterocycles. The molecule has 2 aliphatic carbocycles. The number of hydrogen-bond donors (Lipinski definition) is 1. The maximum absolute atomic E-state index is 12.7. The number of amides is 1. The van der Waals surface area contributed by atoms with Gasteiger partial charge in [-0.2, -0.15) is 5.26 Å². The first-order valence-corrected chi connectivity index (χ1v) is 12.4. The Kier molecular flexibility index (Phi) is 5.55. The summed E-state index contributed by atoms with van der Waals surface area (Å²) < 4.78 is 2.08. The molecule has 8 heteroatoms. The number of nitrogens with one attached hydrogen (secondary N) is 1. The van der Waals surface area contributed by atoms with Gasteiger partial charge in [0.2, 0.25) is 5.91 Å². The molecular formula is C23H23N5OS2. The lowest BCUT2D eigenvalue weighted by atomic mass is 9.96. The van der Waals surface area contributed by atoms with Crippen molar-refractivity contribution in [3.05, 3.63) is 52.2 Å². The Morgan fingerprint density at radius 1 is 1.29 bits per heavy atom. The van der Waals surface area contributed by atoms with Crippen LogP contribution in [0.4, 0.5) is 5.00 Å². The van der Waals surface area contributed by atoms with Crippen molar-refractivity contribution in [2.24, 2.45) is 5.92 Å². The van der Waals surface area contributed by atoms with E-state index < -0.39 is 0 Å². The largest absolute Gasteiger partial charge is 0.316 e. The van der Waals surface area contributed by atoms with Crippen molar-refractivity contribution in [3.63, 3.8) is 0 Å². The number of aromatic nitrogens is 3. The van der Waals surface area contributed by atoms with Gasteiger partial charge >= 0.3 is 0 Å². The minimum atomic E-state index is -0.121. The number of hydrogen-bond acceptors (Lipinski definition) is 6. The molecule has 0 bridgehead atoms. The van der Waals surface area contributed by atoms with Gasteiger partial charge < -0.3 is 5.32 Å². The van der Waals surface area contributed by atoms with Crippen molar-refractivity contribution < 1.29 is 4.79 Å². The zero-order valence-corrected chi connectivity index (χ0v) is 18.9. The predicted octanol–water partition coefficient (Wildman–Crippen LogP) is 4.93. The van der Waals surface area contributed by atoms with Crippen LogP contribution >= 0.6 is 23.1 Å². The van der Waals surface area contributed by atoms with Crippen LogP contribution < -0.4 is 5.32 Å². The molecule has 1 fully saturated rings. The van der Waals surface area contributed by atoms with Gasteiger partial charge in [0.25, 0.3) is 0 Å². The Labute approximate surface area is 189 Å². The van der Waals surface area contributed by atoms with Gasteiger partial charge in [-0.3, -0.25) is 9.36 Å². The van der Waals surface area contributed by atoms with Crippen molar-refractivity contribution in [1.82, 2.24) is 14.8 Å². The lowest BCUT2D eigenvalue weighted by molar-refractivity contribution is -0.113. The second-order valence-corrected chi connectivity index (χ2v) is 10.2. The Hall–Kier alpha value is -2.63. The molecule has 2 heterocycles. The SMILES string of the molecule is C[C@H]1CC1c1nnc(SCC(=O)Nc2sc3c(c2C#N)CCCC3)n1-c1ccccc1. The van der Waals surface area contributed by atoms with E-state index in [9.17, 15) is 10.1 Å². The van der Waals surface area contributed by atoms with Gasteiger partial charge in [0.1, 0.15) is 16.9 Å². The zero-order valence-electron chi connectivity index (χ0n) is 17.3. The number of carbonyl (C=O) groups is 1. The van der Waals surface area contributed by atoms with Crippen molar-refractivity contribution in [2.45, 2.75) is 50.1 Å². The maximum atomic E-state index is 12.7. The van der Waals surface area contributed by atoms with E-state index in [4.69, 9.17) is 0 Å². The third-order valence-electron chi connectivity index (χ3n) is 5.98. The van der Waals surface area contributed by atoms with Crippen LogP contribution in [0.3, 0.4) is 0 Å². The van der Waals surface area contributed by atoms with Gasteiger partial charge in [0.15, 0.2) is 5.16 Å². The molecule has 1 saturated carbocycles. The Morgan fingerprint density at radius 2 is 2.06 bits per heavy atom. The number of nitrogens with zero attached hydrogens (tertiary/aromatic N) is 4. The molecule has 0 radical (unpaired) electrons. The van der Waals surface area contributed by atoms with Crippen molar-refractivity contribution in [3.8, 4) is 11.8 Å². The number of carbonyl (C=O) groups excluding carboxylic acids is 1. The third kappa shape index (κ3) is 4.00. The number of rotatable bonds is 6. The minimum Gasteiger partial charge on any atom is -0.316 e. The number of fused-ring (bicyclic) bond motifs is 1. The summed E-state index contributed by atoms with van der Waals surface area (Å²) in [5, 5.41) is 22.9. The first-order chi connectivity index (χ1) is 15.2. The highest BCUT2D eigenvalue weighted by molar-refractivity contribution is 7.99. The van der Waals surface area contributed by atoms with E-state index >= 15 is 0 Å². The number of aryl methyl sites for hydroxylation is 1. The molecule has 1 N–H and O–H groups in total. The monoisotopic (exact) mass is 449 g/mol. The molecule has 158 valence electrons. The standard InChI is InChI=1S/C23H23N5OS2/c1-14-11-17(14)21-26-27-23(28(21)15-7-3-2-4-8-15)30-13-20(29)25-22-18(12-24)16-9-5-6-10-19(16)31-22/h2-4,7-8,14,17H,5-6,9-11,13H2,1H3,(H,25,29)/t14-,17?/m0/s1. The molecule has 2 aromatic heterocycles. The number of thiophene rings is 1. The van der Waals surface area contributed by atoms with E-state index in [1.165, 1.54) is 16.6 Å². The van der Waals surface area contributed by atoms with E-state index in [2.05, 4.69) is 33.1 Å². The van der Waals surface area contributed by atoms with Gasteiger partial charge in [-0.25, -0.2) is 0 Å². The summed E-state index contributed by atoms with van der Waals surface area (Å²) in [4.78, 5) is 14.0. The fraction of sp³-hybridized carbons (Fsp3) is 0.391. The summed E-state index contributed by atoms with van der Waals surface area (Å²) in [5.74, 6) is 2.11. The second kappa shape index (κ2) is 8.48. The molecule has 2 aliphatic rings. The van der Waals surface area contributed by atoms with Crippen LogP contribution in [0.1, 0.15) is 53.9 Å². The first kappa shape index (κ1) is 20.3. The van der Waals surface area contributed by atoms with Gasteiger partial charge in [0, 0.05) is 16.5 Å². The molecule has 1 unspecified atom stereocenters. The minimum absolute atomic E-state index is 0.121. The van der Waals surface area contributed by atoms with Gasteiger partial charge in [-0.05, 0) is 55.7 Å². The van der Waals surface area contributed by atoms with Crippen LogP contribution in [-0.4, -0.2) is 26.4 Å². The smallest absolute Gasteiger partial charge is 0.235 e. The van der Waals surface area contributed by atoms with Crippen LogP contribution in [0.25, 0.3) is 5.69 Å². The molecule has 0 spiro atoms. The predicted molar refractivity (Wildman–Crippen MR) is 123 cm³/mol. The highest BCUT2D eigenvalue weighted by atomic mass is 32.2. The molecule has 1 aromatic carbocycles.